The summed E-state index contributed by atoms with van der Waals surface area (Å²) in [4.78, 5) is 4.17. The second kappa shape index (κ2) is 5.45. The number of rotatable bonds is 5. The molecule has 0 spiro atoms. The lowest BCUT2D eigenvalue weighted by atomic mass is 10.1. The minimum atomic E-state index is 0.0180. The molecule has 1 N–H and O–H groups in total. The van der Waals surface area contributed by atoms with Crippen LogP contribution in [0.4, 0.5) is 0 Å². The van der Waals surface area contributed by atoms with Crippen LogP contribution in [0.3, 0.4) is 0 Å². The molecule has 0 amide bonds. The fourth-order valence-corrected chi connectivity index (χ4v) is 1.49. The molecule has 0 atom stereocenters. The van der Waals surface area contributed by atoms with Crippen molar-refractivity contribution in [3.05, 3.63) is 41.5 Å². The standard InChI is InChI=1S/C12H14N2O3/c1-16-10-4-2-9(3-5-10)8-11-13-12(6-7-15)17-14-11/h2-5,15H,6-8H2,1H3. The van der Waals surface area contributed by atoms with Crippen molar-refractivity contribution in [2.24, 2.45) is 0 Å². The van der Waals surface area contributed by atoms with Gasteiger partial charge >= 0.3 is 0 Å². The number of aliphatic hydroxyl groups is 1. The van der Waals surface area contributed by atoms with Crippen molar-refractivity contribution in [3.63, 3.8) is 0 Å². The SMILES string of the molecule is COc1ccc(Cc2noc(CCO)n2)cc1. The summed E-state index contributed by atoms with van der Waals surface area (Å²) in [6, 6.07) is 7.70. The van der Waals surface area contributed by atoms with Crippen molar-refractivity contribution < 1.29 is 14.4 Å². The summed E-state index contributed by atoms with van der Waals surface area (Å²) >= 11 is 0. The van der Waals surface area contributed by atoms with E-state index in [-0.39, 0.29) is 6.61 Å². The first-order valence-electron chi connectivity index (χ1n) is 5.37. The van der Waals surface area contributed by atoms with Crippen LogP contribution in [0, 0.1) is 0 Å². The Bertz CT molecular complexity index is 465. The van der Waals surface area contributed by atoms with Gasteiger partial charge in [0, 0.05) is 6.42 Å². The zero-order chi connectivity index (χ0) is 12.1. The van der Waals surface area contributed by atoms with E-state index in [1.54, 1.807) is 7.11 Å². The van der Waals surface area contributed by atoms with Crippen LogP contribution in [0.5, 0.6) is 5.75 Å². The Morgan fingerprint density at radius 3 is 2.71 bits per heavy atom. The maximum atomic E-state index is 8.73. The summed E-state index contributed by atoms with van der Waals surface area (Å²) < 4.78 is 10.1. The molecule has 17 heavy (non-hydrogen) atoms. The van der Waals surface area contributed by atoms with Crippen molar-refractivity contribution in [1.82, 2.24) is 10.1 Å². The van der Waals surface area contributed by atoms with Crippen LogP contribution in [0.1, 0.15) is 17.3 Å². The van der Waals surface area contributed by atoms with Crippen molar-refractivity contribution in [3.8, 4) is 5.75 Å². The van der Waals surface area contributed by atoms with Crippen LogP contribution in [0.2, 0.25) is 0 Å². The average molecular weight is 234 g/mol. The van der Waals surface area contributed by atoms with Crippen molar-refractivity contribution in [1.29, 1.82) is 0 Å². The Labute approximate surface area is 99.0 Å². The minimum absolute atomic E-state index is 0.0180. The summed E-state index contributed by atoms with van der Waals surface area (Å²) in [6.45, 7) is 0.0180. The van der Waals surface area contributed by atoms with Crippen LogP contribution < -0.4 is 4.74 Å². The Balaban J connectivity index is 2.03. The number of ether oxygens (including phenoxy) is 1. The van der Waals surface area contributed by atoms with Gasteiger partial charge in [0.15, 0.2) is 5.82 Å². The highest BCUT2D eigenvalue weighted by molar-refractivity contribution is 5.28. The number of aliphatic hydroxyl groups excluding tert-OH is 1. The molecule has 0 saturated heterocycles. The highest BCUT2D eigenvalue weighted by atomic mass is 16.5. The van der Waals surface area contributed by atoms with Crippen molar-refractivity contribution >= 4 is 0 Å². The van der Waals surface area contributed by atoms with E-state index in [4.69, 9.17) is 14.4 Å². The Kier molecular flexibility index (Phi) is 3.72. The topological polar surface area (TPSA) is 68.4 Å². The fourth-order valence-electron chi connectivity index (χ4n) is 1.49. The number of nitrogens with zero attached hydrogens (tertiary/aromatic N) is 2. The summed E-state index contributed by atoms with van der Waals surface area (Å²) in [5.74, 6) is 1.91. The minimum Gasteiger partial charge on any atom is -0.497 e. The molecule has 0 bridgehead atoms. The first-order chi connectivity index (χ1) is 8.31. The van der Waals surface area contributed by atoms with E-state index in [9.17, 15) is 0 Å². The molecular weight excluding hydrogens is 220 g/mol. The van der Waals surface area contributed by atoms with Gasteiger partial charge in [-0.15, -0.1) is 0 Å². The van der Waals surface area contributed by atoms with Gasteiger partial charge in [0.1, 0.15) is 5.75 Å². The van der Waals surface area contributed by atoms with Crippen molar-refractivity contribution in [2.75, 3.05) is 13.7 Å². The van der Waals surface area contributed by atoms with Crippen molar-refractivity contribution in [2.45, 2.75) is 12.8 Å². The molecule has 5 nitrogen and oxygen atoms in total. The van der Waals surface area contributed by atoms with Crippen LogP contribution in [-0.2, 0) is 12.8 Å². The second-order valence-electron chi connectivity index (χ2n) is 3.60. The molecule has 90 valence electrons. The number of benzene rings is 1. The molecule has 1 heterocycles. The molecule has 0 saturated carbocycles. The zero-order valence-corrected chi connectivity index (χ0v) is 9.59. The van der Waals surface area contributed by atoms with E-state index in [1.807, 2.05) is 24.3 Å². The summed E-state index contributed by atoms with van der Waals surface area (Å²) in [6.07, 6.45) is 1.01. The highest BCUT2D eigenvalue weighted by Crippen LogP contribution is 2.13. The van der Waals surface area contributed by atoms with Gasteiger partial charge in [0.25, 0.3) is 0 Å². The zero-order valence-electron chi connectivity index (χ0n) is 9.59. The Morgan fingerprint density at radius 1 is 1.29 bits per heavy atom. The summed E-state index contributed by atoms with van der Waals surface area (Å²) in [7, 11) is 1.63. The molecule has 0 unspecified atom stereocenters. The number of hydrogen-bond acceptors (Lipinski definition) is 5. The normalized spacial score (nSPS) is 10.5. The van der Waals surface area contributed by atoms with Gasteiger partial charge in [-0.2, -0.15) is 4.98 Å². The van der Waals surface area contributed by atoms with Crippen LogP contribution >= 0.6 is 0 Å². The second-order valence-corrected chi connectivity index (χ2v) is 3.60. The fraction of sp³-hybridized carbons (Fsp3) is 0.333. The van der Waals surface area contributed by atoms with Gasteiger partial charge < -0.3 is 14.4 Å². The monoisotopic (exact) mass is 234 g/mol. The maximum absolute atomic E-state index is 8.73. The van der Waals surface area contributed by atoms with Gasteiger partial charge in [-0.1, -0.05) is 17.3 Å². The molecule has 1 aromatic carbocycles. The van der Waals surface area contributed by atoms with E-state index in [0.717, 1.165) is 11.3 Å². The third-order valence-corrected chi connectivity index (χ3v) is 2.36. The van der Waals surface area contributed by atoms with Crippen LogP contribution in [0.25, 0.3) is 0 Å². The Hall–Kier alpha value is -1.88. The lowest BCUT2D eigenvalue weighted by Gasteiger charge is -2.00. The third kappa shape index (κ3) is 3.04. The predicted molar refractivity (Wildman–Crippen MR) is 60.9 cm³/mol. The molecule has 0 aliphatic rings. The molecule has 0 radical (unpaired) electrons. The lowest BCUT2D eigenvalue weighted by Crippen LogP contribution is -1.93. The average Bonchev–Trinajstić information content (AvgIpc) is 2.78. The lowest BCUT2D eigenvalue weighted by molar-refractivity contribution is 0.274. The largest absolute Gasteiger partial charge is 0.497 e. The molecule has 5 heteroatoms. The number of methoxy groups -OCH3 is 1. The molecule has 2 aromatic rings. The maximum Gasteiger partial charge on any atom is 0.228 e. The molecule has 0 fully saturated rings. The molecule has 2 rings (SSSR count). The first kappa shape index (κ1) is 11.6. The van der Waals surface area contributed by atoms with Gasteiger partial charge in [-0.05, 0) is 17.7 Å². The predicted octanol–water partition coefficient (Wildman–Crippen LogP) is 1.20. The van der Waals surface area contributed by atoms with Gasteiger partial charge in [-0.25, -0.2) is 0 Å². The Morgan fingerprint density at radius 2 is 2.06 bits per heavy atom. The molecule has 1 aromatic heterocycles. The van der Waals surface area contributed by atoms with E-state index in [1.165, 1.54) is 0 Å². The van der Waals surface area contributed by atoms with E-state index in [0.29, 0.717) is 24.6 Å². The van der Waals surface area contributed by atoms with E-state index >= 15 is 0 Å². The van der Waals surface area contributed by atoms with Gasteiger partial charge in [0.05, 0.1) is 20.1 Å². The van der Waals surface area contributed by atoms with Crippen LogP contribution in [0.15, 0.2) is 28.8 Å². The molecular formula is C12H14N2O3. The number of hydrogen-bond donors (Lipinski definition) is 1. The van der Waals surface area contributed by atoms with Crippen LogP contribution in [-0.4, -0.2) is 29.0 Å². The van der Waals surface area contributed by atoms with E-state index < -0.39 is 0 Å². The third-order valence-electron chi connectivity index (χ3n) is 2.36. The summed E-state index contributed by atoms with van der Waals surface area (Å²) in [5, 5.41) is 12.6. The van der Waals surface area contributed by atoms with Gasteiger partial charge in [-0.3, -0.25) is 0 Å². The molecule has 0 aliphatic heterocycles. The first-order valence-corrected chi connectivity index (χ1v) is 5.37. The quantitative estimate of drug-likeness (QED) is 0.842. The molecule has 0 aliphatic carbocycles. The summed E-state index contributed by atoms with van der Waals surface area (Å²) in [5.41, 5.74) is 1.09. The van der Waals surface area contributed by atoms with E-state index in [2.05, 4.69) is 10.1 Å². The van der Waals surface area contributed by atoms with Gasteiger partial charge in [0.2, 0.25) is 5.89 Å². The highest BCUT2D eigenvalue weighted by Gasteiger charge is 2.06. The smallest absolute Gasteiger partial charge is 0.228 e. The number of aromatic nitrogens is 2.